The molecule has 2 atom stereocenters. The molecule has 0 saturated carbocycles. The predicted molar refractivity (Wildman–Crippen MR) is 106 cm³/mol. The Hall–Kier alpha value is -3.02. The molecule has 0 bridgehead atoms. The Kier molecular flexibility index (Phi) is 4.26. The Bertz CT molecular complexity index is 1050. The molecule has 4 rings (SSSR count). The fourth-order valence-electron chi connectivity index (χ4n) is 3.40. The summed E-state index contributed by atoms with van der Waals surface area (Å²) in [5.74, 6) is 2.17. The smallest absolute Gasteiger partial charge is 0.177 e. The highest BCUT2D eigenvalue weighted by Crippen LogP contribution is 2.32. The standard InChI is InChI=1S/C21H24N6/c1-13-11-22-16(4)21-24-19(25-27(13)21)14(2)15(3)20-23-18(12-26(20)5)17-9-7-6-8-10-17/h6-12,14-15H,1-5H3/t14-,15?/m0/s1. The summed E-state index contributed by atoms with van der Waals surface area (Å²) in [6, 6.07) is 10.3. The Morgan fingerprint density at radius 2 is 1.70 bits per heavy atom. The molecule has 0 amide bonds. The summed E-state index contributed by atoms with van der Waals surface area (Å²) >= 11 is 0. The third-order valence-electron chi connectivity index (χ3n) is 5.27. The van der Waals surface area contributed by atoms with Gasteiger partial charge >= 0.3 is 0 Å². The zero-order valence-electron chi connectivity index (χ0n) is 16.4. The van der Waals surface area contributed by atoms with Gasteiger partial charge in [-0.15, -0.1) is 0 Å². The molecule has 1 unspecified atom stereocenters. The average molecular weight is 360 g/mol. The third kappa shape index (κ3) is 3.01. The molecule has 0 aliphatic carbocycles. The Morgan fingerprint density at radius 3 is 2.41 bits per heavy atom. The van der Waals surface area contributed by atoms with Crippen molar-refractivity contribution in [1.29, 1.82) is 0 Å². The fraction of sp³-hybridized carbons (Fsp3) is 0.333. The summed E-state index contributed by atoms with van der Waals surface area (Å²) in [6.45, 7) is 8.31. The first-order valence-corrected chi connectivity index (χ1v) is 9.23. The molecule has 27 heavy (non-hydrogen) atoms. The van der Waals surface area contributed by atoms with Crippen LogP contribution in [0.5, 0.6) is 0 Å². The molecular weight excluding hydrogens is 336 g/mol. The number of imidazole rings is 1. The highest BCUT2D eigenvalue weighted by atomic mass is 15.3. The third-order valence-corrected chi connectivity index (χ3v) is 5.27. The van der Waals surface area contributed by atoms with E-state index in [4.69, 9.17) is 15.1 Å². The molecule has 0 radical (unpaired) electrons. The molecule has 6 heteroatoms. The zero-order chi connectivity index (χ0) is 19.1. The van der Waals surface area contributed by atoms with Crippen molar-refractivity contribution in [1.82, 2.24) is 29.1 Å². The van der Waals surface area contributed by atoms with Gasteiger partial charge in [-0.2, -0.15) is 5.10 Å². The largest absolute Gasteiger partial charge is 0.337 e. The van der Waals surface area contributed by atoms with Gasteiger partial charge in [0, 0.05) is 36.8 Å². The van der Waals surface area contributed by atoms with Gasteiger partial charge in [0.15, 0.2) is 11.5 Å². The quantitative estimate of drug-likeness (QED) is 0.551. The lowest BCUT2D eigenvalue weighted by atomic mass is 9.94. The lowest BCUT2D eigenvalue weighted by Crippen LogP contribution is -2.11. The highest BCUT2D eigenvalue weighted by molar-refractivity contribution is 5.58. The number of nitrogens with zero attached hydrogens (tertiary/aromatic N) is 6. The van der Waals surface area contributed by atoms with Crippen LogP contribution in [0.25, 0.3) is 16.9 Å². The molecule has 4 aromatic rings. The summed E-state index contributed by atoms with van der Waals surface area (Å²) in [4.78, 5) is 14.1. The molecule has 1 aromatic carbocycles. The average Bonchev–Trinajstić information content (AvgIpc) is 3.29. The Balaban J connectivity index is 1.69. The number of benzene rings is 1. The summed E-state index contributed by atoms with van der Waals surface area (Å²) in [5.41, 5.74) is 4.82. The topological polar surface area (TPSA) is 60.9 Å². The van der Waals surface area contributed by atoms with Crippen LogP contribution in [0.1, 0.15) is 48.7 Å². The molecule has 0 N–H and O–H groups in total. The van der Waals surface area contributed by atoms with Gasteiger partial charge in [0.25, 0.3) is 0 Å². The van der Waals surface area contributed by atoms with Crippen LogP contribution >= 0.6 is 0 Å². The number of hydrogen-bond donors (Lipinski definition) is 0. The highest BCUT2D eigenvalue weighted by Gasteiger charge is 2.25. The van der Waals surface area contributed by atoms with E-state index < -0.39 is 0 Å². The number of rotatable bonds is 4. The monoisotopic (exact) mass is 360 g/mol. The predicted octanol–water partition coefficient (Wildman–Crippen LogP) is 4.05. The van der Waals surface area contributed by atoms with E-state index in [1.807, 2.05) is 49.8 Å². The Morgan fingerprint density at radius 1 is 0.963 bits per heavy atom. The maximum Gasteiger partial charge on any atom is 0.177 e. The maximum absolute atomic E-state index is 4.90. The molecular formula is C21H24N6. The second-order valence-electron chi connectivity index (χ2n) is 7.23. The fourth-order valence-corrected chi connectivity index (χ4v) is 3.40. The van der Waals surface area contributed by atoms with Crippen molar-refractivity contribution < 1.29 is 0 Å². The van der Waals surface area contributed by atoms with Gasteiger partial charge in [0.05, 0.1) is 17.1 Å². The van der Waals surface area contributed by atoms with Gasteiger partial charge in [0.2, 0.25) is 0 Å². The minimum absolute atomic E-state index is 0.133. The van der Waals surface area contributed by atoms with Crippen molar-refractivity contribution in [3.8, 4) is 11.3 Å². The lowest BCUT2D eigenvalue weighted by molar-refractivity contribution is 0.544. The second kappa shape index (κ2) is 6.61. The van der Waals surface area contributed by atoms with Gasteiger partial charge < -0.3 is 4.57 Å². The first kappa shape index (κ1) is 17.4. The molecule has 3 aromatic heterocycles. The van der Waals surface area contributed by atoms with Crippen LogP contribution in [0.3, 0.4) is 0 Å². The van der Waals surface area contributed by atoms with Gasteiger partial charge in [-0.3, -0.25) is 4.98 Å². The van der Waals surface area contributed by atoms with Crippen molar-refractivity contribution in [2.45, 2.75) is 39.5 Å². The van der Waals surface area contributed by atoms with E-state index in [0.29, 0.717) is 0 Å². The Labute approximate surface area is 158 Å². The number of aryl methyl sites for hydroxylation is 3. The molecule has 6 nitrogen and oxygen atoms in total. The van der Waals surface area contributed by atoms with Crippen LogP contribution in [-0.4, -0.2) is 29.1 Å². The molecule has 0 aliphatic rings. The van der Waals surface area contributed by atoms with Crippen molar-refractivity contribution >= 4 is 5.65 Å². The molecule has 138 valence electrons. The van der Waals surface area contributed by atoms with Gasteiger partial charge in [-0.05, 0) is 13.8 Å². The van der Waals surface area contributed by atoms with Crippen molar-refractivity contribution in [3.05, 3.63) is 65.8 Å². The molecule has 0 saturated heterocycles. The van der Waals surface area contributed by atoms with Gasteiger partial charge in [-0.1, -0.05) is 44.2 Å². The number of aromatic nitrogens is 6. The van der Waals surface area contributed by atoms with Crippen LogP contribution in [0.4, 0.5) is 0 Å². The van der Waals surface area contributed by atoms with Crippen LogP contribution in [-0.2, 0) is 7.05 Å². The second-order valence-corrected chi connectivity index (χ2v) is 7.23. The molecule has 0 spiro atoms. The van der Waals surface area contributed by atoms with Crippen LogP contribution in [0.2, 0.25) is 0 Å². The van der Waals surface area contributed by atoms with E-state index in [1.165, 1.54) is 0 Å². The zero-order valence-corrected chi connectivity index (χ0v) is 16.4. The van der Waals surface area contributed by atoms with Crippen LogP contribution in [0.15, 0.2) is 42.7 Å². The van der Waals surface area contributed by atoms with E-state index in [2.05, 4.69) is 41.7 Å². The lowest BCUT2D eigenvalue weighted by Gasteiger charge is -2.16. The maximum atomic E-state index is 4.90. The van der Waals surface area contributed by atoms with Crippen molar-refractivity contribution in [3.63, 3.8) is 0 Å². The molecule has 0 aliphatic heterocycles. The summed E-state index contributed by atoms with van der Waals surface area (Å²) in [6.07, 6.45) is 3.92. The van der Waals surface area contributed by atoms with E-state index >= 15 is 0 Å². The van der Waals surface area contributed by atoms with E-state index in [0.717, 1.165) is 39.9 Å². The first-order chi connectivity index (χ1) is 13.0. The minimum Gasteiger partial charge on any atom is -0.337 e. The normalized spacial score (nSPS) is 13.8. The first-order valence-electron chi connectivity index (χ1n) is 9.23. The molecule has 0 fully saturated rings. The minimum atomic E-state index is 0.133. The number of hydrogen-bond acceptors (Lipinski definition) is 4. The van der Waals surface area contributed by atoms with Gasteiger partial charge in [-0.25, -0.2) is 14.5 Å². The van der Waals surface area contributed by atoms with E-state index in [-0.39, 0.29) is 11.8 Å². The molecule has 3 heterocycles. The van der Waals surface area contributed by atoms with E-state index in [9.17, 15) is 0 Å². The SMILES string of the molecule is Cc1ncc(C)n2nc([C@@H](C)C(C)c3nc(-c4ccccc4)cn3C)nc12. The van der Waals surface area contributed by atoms with E-state index in [1.54, 1.807) is 0 Å². The van der Waals surface area contributed by atoms with Crippen LogP contribution in [0, 0.1) is 13.8 Å². The summed E-state index contributed by atoms with van der Waals surface area (Å²) < 4.78 is 3.99. The van der Waals surface area contributed by atoms with Gasteiger partial charge in [0.1, 0.15) is 5.82 Å². The summed E-state index contributed by atoms with van der Waals surface area (Å²) in [7, 11) is 2.05. The van der Waals surface area contributed by atoms with Crippen LogP contribution < -0.4 is 0 Å². The number of fused-ring (bicyclic) bond motifs is 1. The summed E-state index contributed by atoms with van der Waals surface area (Å²) in [5, 5.41) is 4.74. The van der Waals surface area contributed by atoms with Crippen molar-refractivity contribution in [2.75, 3.05) is 0 Å². The van der Waals surface area contributed by atoms with Crippen molar-refractivity contribution in [2.24, 2.45) is 7.05 Å².